The summed E-state index contributed by atoms with van der Waals surface area (Å²) in [6.45, 7) is 4.59. The molecule has 1 fully saturated rings. The molecular weight excluding hydrogens is 224 g/mol. The summed E-state index contributed by atoms with van der Waals surface area (Å²) in [5, 5.41) is 8.59. The Morgan fingerprint density at radius 2 is 2.00 bits per heavy atom. The molecule has 1 aliphatic rings. The fourth-order valence-electron chi connectivity index (χ4n) is 1.70. The van der Waals surface area contributed by atoms with Gasteiger partial charge in [0.05, 0.1) is 25.7 Å². The van der Waals surface area contributed by atoms with E-state index in [4.69, 9.17) is 9.84 Å². The van der Waals surface area contributed by atoms with E-state index in [1.165, 1.54) is 0 Å². The van der Waals surface area contributed by atoms with Crippen molar-refractivity contribution in [2.24, 2.45) is 0 Å². The lowest BCUT2D eigenvalue weighted by Gasteiger charge is -2.32. The zero-order valence-corrected chi connectivity index (χ0v) is 10.4. The predicted molar refractivity (Wildman–Crippen MR) is 61.7 cm³/mol. The summed E-state index contributed by atoms with van der Waals surface area (Å²) in [6, 6.07) is -0.285. The molecule has 1 aliphatic heterocycles. The largest absolute Gasteiger partial charge is 0.481 e. The minimum atomic E-state index is -0.845. The van der Waals surface area contributed by atoms with Gasteiger partial charge < -0.3 is 14.7 Å². The van der Waals surface area contributed by atoms with Gasteiger partial charge in [0, 0.05) is 19.6 Å². The standard InChI is InChI=1S/C11H20N2O4/c1-9(12(2)4-3-10(14)15)11(16)13-5-7-17-8-6-13/h9H,3-8H2,1-2H3,(H,14,15). The van der Waals surface area contributed by atoms with Crippen molar-refractivity contribution in [1.29, 1.82) is 0 Å². The van der Waals surface area contributed by atoms with Crippen molar-refractivity contribution in [2.75, 3.05) is 39.9 Å². The van der Waals surface area contributed by atoms with Crippen molar-refractivity contribution in [3.8, 4) is 0 Å². The maximum absolute atomic E-state index is 12.1. The van der Waals surface area contributed by atoms with Crippen LogP contribution in [0, 0.1) is 0 Å². The van der Waals surface area contributed by atoms with Crippen LogP contribution in [0.2, 0.25) is 0 Å². The Bertz CT molecular complexity index is 277. The molecule has 1 saturated heterocycles. The normalized spacial score (nSPS) is 18.2. The number of carbonyl (C=O) groups is 2. The molecule has 0 bridgehead atoms. The Kier molecular flexibility index (Phi) is 5.37. The summed E-state index contributed by atoms with van der Waals surface area (Å²) in [6.07, 6.45) is 0.0528. The van der Waals surface area contributed by atoms with Crippen LogP contribution < -0.4 is 0 Å². The monoisotopic (exact) mass is 244 g/mol. The van der Waals surface area contributed by atoms with E-state index in [-0.39, 0.29) is 18.4 Å². The maximum Gasteiger partial charge on any atom is 0.304 e. The summed E-state index contributed by atoms with van der Waals surface area (Å²) in [5.74, 6) is -0.802. The van der Waals surface area contributed by atoms with Gasteiger partial charge in [0.2, 0.25) is 5.91 Å². The topological polar surface area (TPSA) is 70.1 Å². The average Bonchev–Trinajstić information content (AvgIpc) is 2.35. The molecule has 1 rings (SSSR count). The molecule has 1 heterocycles. The van der Waals surface area contributed by atoms with Gasteiger partial charge in [0.15, 0.2) is 0 Å². The van der Waals surface area contributed by atoms with E-state index in [1.54, 1.807) is 23.8 Å². The second kappa shape index (κ2) is 6.56. The fraction of sp³-hybridized carbons (Fsp3) is 0.818. The molecule has 0 aromatic rings. The van der Waals surface area contributed by atoms with Gasteiger partial charge in [-0.05, 0) is 14.0 Å². The van der Waals surface area contributed by atoms with Crippen LogP contribution in [0.15, 0.2) is 0 Å². The number of carboxylic acid groups (broad SMARTS) is 1. The van der Waals surface area contributed by atoms with Gasteiger partial charge in [-0.25, -0.2) is 0 Å². The van der Waals surface area contributed by atoms with Crippen LogP contribution in [0.1, 0.15) is 13.3 Å². The quantitative estimate of drug-likeness (QED) is 0.715. The number of amides is 1. The van der Waals surface area contributed by atoms with Gasteiger partial charge in [-0.3, -0.25) is 14.5 Å². The number of morpholine rings is 1. The van der Waals surface area contributed by atoms with Gasteiger partial charge in [0.25, 0.3) is 0 Å². The van der Waals surface area contributed by atoms with Crippen molar-refractivity contribution < 1.29 is 19.4 Å². The lowest BCUT2D eigenvalue weighted by Crippen LogP contribution is -2.49. The Hall–Kier alpha value is -1.14. The average molecular weight is 244 g/mol. The summed E-state index contributed by atoms with van der Waals surface area (Å²) in [7, 11) is 1.77. The highest BCUT2D eigenvalue weighted by Crippen LogP contribution is 2.05. The fourth-order valence-corrected chi connectivity index (χ4v) is 1.70. The third-order valence-corrected chi connectivity index (χ3v) is 3.02. The van der Waals surface area contributed by atoms with E-state index in [0.717, 1.165) is 0 Å². The van der Waals surface area contributed by atoms with E-state index in [2.05, 4.69) is 0 Å². The SMILES string of the molecule is CC(C(=O)N1CCOCC1)N(C)CCC(=O)O. The van der Waals surface area contributed by atoms with Gasteiger partial charge in [-0.15, -0.1) is 0 Å². The van der Waals surface area contributed by atoms with E-state index >= 15 is 0 Å². The zero-order chi connectivity index (χ0) is 12.8. The molecule has 1 N–H and O–H groups in total. The van der Waals surface area contributed by atoms with Crippen LogP contribution in [0.5, 0.6) is 0 Å². The molecule has 98 valence electrons. The van der Waals surface area contributed by atoms with Crippen molar-refractivity contribution in [3.05, 3.63) is 0 Å². The van der Waals surface area contributed by atoms with Gasteiger partial charge >= 0.3 is 5.97 Å². The number of likely N-dealkylation sites (N-methyl/N-ethyl adjacent to an activating group) is 1. The number of carboxylic acids is 1. The van der Waals surface area contributed by atoms with Crippen molar-refractivity contribution in [1.82, 2.24) is 9.80 Å². The molecule has 17 heavy (non-hydrogen) atoms. The highest BCUT2D eigenvalue weighted by Gasteiger charge is 2.25. The molecule has 0 aliphatic carbocycles. The first kappa shape index (κ1) is 13.9. The molecule has 1 amide bonds. The first-order chi connectivity index (χ1) is 8.02. The second-order valence-electron chi connectivity index (χ2n) is 4.24. The Morgan fingerprint density at radius 3 is 2.53 bits per heavy atom. The number of ether oxygens (including phenoxy) is 1. The van der Waals surface area contributed by atoms with E-state index < -0.39 is 5.97 Å². The smallest absolute Gasteiger partial charge is 0.304 e. The van der Waals surface area contributed by atoms with E-state index in [0.29, 0.717) is 32.8 Å². The van der Waals surface area contributed by atoms with Crippen LogP contribution in [0.4, 0.5) is 0 Å². The molecule has 0 radical (unpaired) electrons. The van der Waals surface area contributed by atoms with Crippen LogP contribution in [0.3, 0.4) is 0 Å². The van der Waals surface area contributed by atoms with Crippen molar-refractivity contribution in [3.63, 3.8) is 0 Å². The first-order valence-electron chi connectivity index (χ1n) is 5.81. The zero-order valence-electron chi connectivity index (χ0n) is 10.4. The number of rotatable bonds is 5. The molecule has 1 unspecified atom stereocenters. The first-order valence-corrected chi connectivity index (χ1v) is 5.81. The summed E-state index contributed by atoms with van der Waals surface area (Å²) < 4.78 is 5.18. The highest BCUT2D eigenvalue weighted by atomic mass is 16.5. The van der Waals surface area contributed by atoms with Crippen LogP contribution in [-0.2, 0) is 14.3 Å². The van der Waals surface area contributed by atoms with E-state index in [1.807, 2.05) is 0 Å². The van der Waals surface area contributed by atoms with Gasteiger partial charge in [0.1, 0.15) is 0 Å². The number of aliphatic carboxylic acids is 1. The number of carbonyl (C=O) groups excluding carboxylic acids is 1. The van der Waals surface area contributed by atoms with Crippen LogP contribution in [0.25, 0.3) is 0 Å². The maximum atomic E-state index is 12.1. The minimum absolute atomic E-state index is 0.0428. The summed E-state index contributed by atoms with van der Waals surface area (Å²) in [4.78, 5) is 26.1. The van der Waals surface area contributed by atoms with Gasteiger partial charge in [-0.2, -0.15) is 0 Å². The third kappa shape index (κ3) is 4.32. The van der Waals surface area contributed by atoms with Crippen LogP contribution in [-0.4, -0.2) is 72.7 Å². The molecule has 0 aromatic carbocycles. The molecule has 1 atom stereocenters. The predicted octanol–water partition coefficient (Wildman–Crippen LogP) is -0.360. The molecule has 0 saturated carbocycles. The van der Waals surface area contributed by atoms with Crippen molar-refractivity contribution in [2.45, 2.75) is 19.4 Å². The lowest BCUT2D eigenvalue weighted by atomic mass is 10.2. The molecular formula is C11H20N2O4. The second-order valence-corrected chi connectivity index (χ2v) is 4.24. The van der Waals surface area contributed by atoms with Crippen LogP contribution >= 0.6 is 0 Å². The molecule has 0 spiro atoms. The number of nitrogens with zero attached hydrogens (tertiary/aromatic N) is 2. The number of hydrogen-bond donors (Lipinski definition) is 1. The van der Waals surface area contributed by atoms with Crippen molar-refractivity contribution >= 4 is 11.9 Å². The third-order valence-electron chi connectivity index (χ3n) is 3.02. The Balaban J connectivity index is 2.41. The van der Waals surface area contributed by atoms with Gasteiger partial charge in [-0.1, -0.05) is 0 Å². The molecule has 6 nitrogen and oxygen atoms in total. The number of hydrogen-bond acceptors (Lipinski definition) is 4. The molecule has 6 heteroatoms. The molecule has 0 aromatic heterocycles. The minimum Gasteiger partial charge on any atom is -0.481 e. The highest BCUT2D eigenvalue weighted by molar-refractivity contribution is 5.81. The lowest BCUT2D eigenvalue weighted by molar-refractivity contribution is -0.142. The summed E-state index contributed by atoms with van der Waals surface area (Å²) >= 11 is 0. The Morgan fingerprint density at radius 1 is 1.41 bits per heavy atom. The van der Waals surface area contributed by atoms with E-state index in [9.17, 15) is 9.59 Å². The summed E-state index contributed by atoms with van der Waals surface area (Å²) in [5.41, 5.74) is 0. The Labute approximate surface area is 101 Å².